The van der Waals surface area contributed by atoms with Gasteiger partial charge in [0.1, 0.15) is 11.6 Å². The molecule has 0 aliphatic carbocycles. The molecule has 2 aromatic heterocycles. The zero-order valence-electron chi connectivity index (χ0n) is 19.6. The van der Waals surface area contributed by atoms with Gasteiger partial charge in [-0.25, -0.2) is 9.97 Å². The summed E-state index contributed by atoms with van der Waals surface area (Å²) in [7, 11) is 2.02. The third-order valence-electron chi connectivity index (χ3n) is 7.20. The molecule has 1 saturated heterocycles. The van der Waals surface area contributed by atoms with E-state index in [2.05, 4.69) is 59.1 Å². The minimum atomic E-state index is 0.271. The van der Waals surface area contributed by atoms with Crippen LogP contribution >= 0.6 is 0 Å². The Morgan fingerprint density at radius 3 is 2.59 bits per heavy atom. The van der Waals surface area contributed by atoms with Crippen molar-refractivity contribution in [3.05, 3.63) is 70.4 Å². The van der Waals surface area contributed by atoms with Gasteiger partial charge >= 0.3 is 0 Å². The predicted octanol–water partition coefficient (Wildman–Crippen LogP) is 4.51. The molecule has 6 nitrogen and oxygen atoms in total. The van der Waals surface area contributed by atoms with Gasteiger partial charge in [-0.15, -0.1) is 0 Å². The molecule has 0 saturated carbocycles. The zero-order valence-corrected chi connectivity index (χ0v) is 19.6. The third kappa shape index (κ3) is 4.16. The molecule has 0 bridgehead atoms. The Morgan fingerprint density at radius 2 is 1.81 bits per heavy atom. The maximum Gasteiger partial charge on any atom is 0.148 e. The quantitative estimate of drug-likeness (QED) is 0.596. The number of benzene rings is 1. The van der Waals surface area contributed by atoms with Crippen LogP contribution in [-0.2, 0) is 26.6 Å². The number of anilines is 1. The molecule has 0 N–H and O–H groups in total. The van der Waals surface area contributed by atoms with Gasteiger partial charge in [-0.2, -0.15) is 5.10 Å². The number of hydrogen-bond acceptors (Lipinski definition) is 5. The molecule has 0 unspecified atom stereocenters. The molecule has 3 aromatic rings. The summed E-state index contributed by atoms with van der Waals surface area (Å²) >= 11 is 0. The molecule has 1 aromatic carbocycles. The third-order valence-corrected chi connectivity index (χ3v) is 7.20. The molecular formula is C26H34N6. The van der Waals surface area contributed by atoms with Crippen LogP contribution in [0.2, 0.25) is 0 Å². The van der Waals surface area contributed by atoms with Gasteiger partial charge in [0.2, 0.25) is 0 Å². The highest BCUT2D eigenvalue weighted by atomic mass is 15.3. The van der Waals surface area contributed by atoms with Crippen molar-refractivity contribution in [3.63, 3.8) is 0 Å². The van der Waals surface area contributed by atoms with Gasteiger partial charge in [0.05, 0.1) is 12.2 Å². The van der Waals surface area contributed by atoms with Crippen LogP contribution in [0.4, 0.5) is 5.82 Å². The van der Waals surface area contributed by atoms with Crippen LogP contribution < -0.4 is 4.90 Å². The first-order valence-electron chi connectivity index (χ1n) is 12.0. The number of aryl methyl sites for hydroxylation is 2. The number of hydrogen-bond donors (Lipinski definition) is 0. The normalized spacial score (nSPS) is 19.2. The van der Waals surface area contributed by atoms with Gasteiger partial charge in [0.25, 0.3) is 0 Å². The van der Waals surface area contributed by atoms with E-state index in [1.165, 1.54) is 41.6 Å². The van der Waals surface area contributed by atoms with Crippen LogP contribution in [0.5, 0.6) is 0 Å². The van der Waals surface area contributed by atoms with E-state index in [0.29, 0.717) is 0 Å². The van der Waals surface area contributed by atoms with Crippen LogP contribution in [0, 0.1) is 13.8 Å². The molecule has 0 amide bonds. The van der Waals surface area contributed by atoms with Gasteiger partial charge in [-0.05, 0) is 51.6 Å². The fraction of sp³-hybridized carbons (Fsp3) is 0.500. The number of piperidine rings is 1. The van der Waals surface area contributed by atoms with E-state index < -0.39 is 0 Å². The lowest BCUT2D eigenvalue weighted by atomic mass is 9.98. The monoisotopic (exact) mass is 430 g/mol. The first-order valence-corrected chi connectivity index (χ1v) is 12.0. The first-order chi connectivity index (χ1) is 15.6. The summed E-state index contributed by atoms with van der Waals surface area (Å²) < 4.78 is 1.97. The topological polar surface area (TPSA) is 50.1 Å². The Labute approximate surface area is 191 Å². The molecule has 6 heteroatoms. The lowest BCUT2D eigenvalue weighted by Gasteiger charge is -2.36. The second-order valence-corrected chi connectivity index (χ2v) is 9.34. The molecule has 4 heterocycles. The fourth-order valence-electron chi connectivity index (χ4n) is 5.21. The molecule has 0 radical (unpaired) electrons. The van der Waals surface area contributed by atoms with Gasteiger partial charge in [-0.1, -0.05) is 36.8 Å². The lowest BCUT2D eigenvalue weighted by molar-refractivity contribution is 0.133. The van der Waals surface area contributed by atoms with Crippen molar-refractivity contribution in [1.29, 1.82) is 0 Å². The van der Waals surface area contributed by atoms with Gasteiger partial charge in [0, 0.05) is 49.2 Å². The standard InChI is InChI=1S/C26H34N6/c1-19-23-12-9-15-32(17-21-10-5-4-6-11-21)26(23)29-25(28-19)24-13-7-8-14-31(24)18-22-16-27-30(3)20(22)2/h4-6,10-11,16,24H,7-9,12-15,17-18H2,1-3H3/t24-/m0/s1. The molecule has 0 spiro atoms. The van der Waals surface area contributed by atoms with Crippen molar-refractivity contribution in [2.24, 2.45) is 7.05 Å². The van der Waals surface area contributed by atoms with E-state index in [9.17, 15) is 0 Å². The van der Waals surface area contributed by atoms with Gasteiger partial charge in [-0.3, -0.25) is 9.58 Å². The summed E-state index contributed by atoms with van der Waals surface area (Å²) in [5.74, 6) is 2.16. The van der Waals surface area contributed by atoms with E-state index >= 15 is 0 Å². The summed E-state index contributed by atoms with van der Waals surface area (Å²) in [6.45, 7) is 8.30. The molecule has 2 aliphatic rings. The van der Waals surface area contributed by atoms with E-state index in [1.54, 1.807) is 0 Å². The first kappa shape index (κ1) is 21.1. The molecule has 32 heavy (non-hydrogen) atoms. The summed E-state index contributed by atoms with van der Waals surface area (Å²) in [6.07, 6.45) is 7.85. The Bertz CT molecular complexity index is 1070. The Balaban J connectivity index is 1.45. The lowest BCUT2D eigenvalue weighted by Crippen LogP contribution is -2.36. The predicted molar refractivity (Wildman–Crippen MR) is 128 cm³/mol. The number of aromatic nitrogens is 4. The van der Waals surface area contributed by atoms with Crippen molar-refractivity contribution in [3.8, 4) is 0 Å². The van der Waals surface area contributed by atoms with Crippen molar-refractivity contribution >= 4 is 5.82 Å². The van der Waals surface area contributed by atoms with E-state index in [4.69, 9.17) is 9.97 Å². The van der Waals surface area contributed by atoms with Crippen LogP contribution in [0.25, 0.3) is 0 Å². The Morgan fingerprint density at radius 1 is 0.969 bits per heavy atom. The maximum absolute atomic E-state index is 5.25. The van der Waals surface area contributed by atoms with Crippen molar-refractivity contribution < 1.29 is 0 Å². The summed E-state index contributed by atoms with van der Waals surface area (Å²) in [5.41, 5.74) is 6.38. The van der Waals surface area contributed by atoms with Crippen LogP contribution in [0.1, 0.15) is 65.6 Å². The molecule has 1 fully saturated rings. The smallest absolute Gasteiger partial charge is 0.148 e. The maximum atomic E-state index is 5.25. The van der Waals surface area contributed by atoms with Crippen LogP contribution in [0.15, 0.2) is 36.5 Å². The molecule has 5 rings (SSSR count). The largest absolute Gasteiger partial charge is 0.352 e. The average Bonchev–Trinajstić information content (AvgIpc) is 3.13. The average molecular weight is 431 g/mol. The molecule has 1 atom stereocenters. The van der Waals surface area contributed by atoms with E-state index in [0.717, 1.165) is 56.4 Å². The number of rotatable bonds is 5. The van der Waals surface area contributed by atoms with E-state index in [-0.39, 0.29) is 6.04 Å². The molecule has 168 valence electrons. The SMILES string of the molecule is Cc1nc([C@@H]2CCCCN2Cc2cnn(C)c2C)nc2c1CCCN2Cc1ccccc1. The minimum absolute atomic E-state index is 0.271. The van der Waals surface area contributed by atoms with Crippen LogP contribution in [-0.4, -0.2) is 37.7 Å². The zero-order chi connectivity index (χ0) is 22.1. The van der Waals surface area contributed by atoms with Crippen LogP contribution in [0.3, 0.4) is 0 Å². The summed E-state index contributed by atoms with van der Waals surface area (Å²) in [6, 6.07) is 11.0. The molecular weight excluding hydrogens is 396 g/mol. The Hall–Kier alpha value is -2.73. The van der Waals surface area contributed by atoms with E-state index in [1.807, 2.05) is 17.9 Å². The summed E-state index contributed by atoms with van der Waals surface area (Å²) in [5, 5.41) is 4.45. The second kappa shape index (κ2) is 9.02. The summed E-state index contributed by atoms with van der Waals surface area (Å²) in [4.78, 5) is 15.3. The van der Waals surface area contributed by atoms with Gasteiger partial charge < -0.3 is 4.90 Å². The highest BCUT2D eigenvalue weighted by Crippen LogP contribution is 2.35. The molecule has 2 aliphatic heterocycles. The minimum Gasteiger partial charge on any atom is -0.352 e. The highest BCUT2D eigenvalue weighted by Gasteiger charge is 2.30. The fourth-order valence-corrected chi connectivity index (χ4v) is 5.21. The number of nitrogens with zero attached hydrogens (tertiary/aromatic N) is 6. The number of likely N-dealkylation sites (tertiary alicyclic amines) is 1. The van der Waals surface area contributed by atoms with Crippen molar-refractivity contribution in [2.45, 2.75) is 65.1 Å². The van der Waals surface area contributed by atoms with Crippen molar-refractivity contribution in [2.75, 3.05) is 18.0 Å². The Kier molecular flexibility index (Phi) is 5.96. The highest BCUT2D eigenvalue weighted by molar-refractivity contribution is 5.52. The number of fused-ring (bicyclic) bond motifs is 1. The van der Waals surface area contributed by atoms with Crippen molar-refractivity contribution in [1.82, 2.24) is 24.6 Å². The van der Waals surface area contributed by atoms with Gasteiger partial charge in [0.15, 0.2) is 0 Å². The second-order valence-electron chi connectivity index (χ2n) is 9.34.